The van der Waals surface area contributed by atoms with Crippen LogP contribution < -0.4 is 0 Å². The van der Waals surface area contributed by atoms with E-state index in [-0.39, 0.29) is 23.8 Å². The third-order valence-corrected chi connectivity index (χ3v) is 7.60. The smallest absolute Gasteiger partial charge is 0.281 e. The molecule has 8 heteroatoms. The molecule has 1 aromatic heterocycles. The first-order valence-corrected chi connectivity index (χ1v) is 10.7. The van der Waals surface area contributed by atoms with Gasteiger partial charge in [0.25, 0.3) is 16.1 Å². The van der Waals surface area contributed by atoms with Crippen LogP contribution >= 0.6 is 0 Å². The van der Waals surface area contributed by atoms with Gasteiger partial charge in [-0.3, -0.25) is 9.78 Å². The summed E-state index contributed by atoms with van der Waals surface area (Å²) in [6.07, 6.45) is 3.23. The number of aromatic nitrogens is 1. The number of nitrogens with zero attached hydrogens (tertiary/aromatic N) is 4. The summed E-state index contributed by atoms with van der Waals surface area (Å²) in [4.78, 5) is 19.2. The Morgan fingerprint density at radius 2 is 1.82 bits per heavy atom. The minimum absolute atomic E-state index is 0.0571. The number of pyridine rings is 1. The summed E-state index contributed by atoms with van der Waals surface area (Å²) in [6.45, 7) is 1.39. The van der Waals surface area contributed by atoms with Crippen molar-refractivity contribution in [1.29, 1.82) is 0 Å². The van der Waals surface area contributed by atoms with Crippen LogP contribution in [-0.2, 0) is 10.2 Å². The van der Waals surface area contributed by atoms with E-state index in [9.17, 15) is 13.2 Å². The highest BCUT2D eigenvalue weighted by Crippen LogP contribution is 2.46. The zero-order valence-corrected chi connectivity index (χ0v) is 16.8. The standard InChI is InChI=1S/C20H24N4O3S/c1-22(2)28(26,27)23-12-17-13-24(20(25)16-9-6-10-21-11-16)19(18(17)14-23)15-7-4-3-5-8-15/h3-11,17-19H,12-14H2,1-2H3/t17-,18-,19+/m0/s1. The highest BCUT2D eigenvalue weighted by Gasteiger charge is 2.51. The summed E-state index contributed by atoms with van der Waals surface area (Å²) in [5, 5.41) is 0. The number of fused-ring (bicyclic) bond motifs is 1. The Hall–Kier alpha value is -2.29. The van der Waals surface area contributed by atoms with Crippen LogP contribution in [0.3, 0.4) is 0 Å². The van der Waals surface area contributed by atoms with Gasteiger partial charge in [0.2, 0.25) is 0 Å². The largest absolute Gasteiger partial charge is 0.331 e. The number of likely N-dealkylation sites (tertiary alicyclic amines) is 1. The number of benzene rings is 1. The summed E-state index contributed by atoms with van der Waals surface area (Å²) in [5.74, 6) is 0.122. The monoisotopic (exact) mass is 400 g/mol. The maximum absolute atomic E-state index is 13.2. The third-order valence-electron chi connectivity index (χ3n) is 5.73. The third kappa shape index (κ3) is 3.21. The lowest BCUT2D eigenvalue weighted by Gasteiger charge is -2.30. The summed E-state index contributed by atoms with van der Waals surface area (Å²) in [6, 6.07) is 13.3. The van der Waals surface area contributed by atoms with Crippen molar-refractivity contribution in [2.45, 2.75) is 6.04 Å². The number of carbonyl (C=O) groups is 1. The van der Waals surface area contributed by atoms with Crippen molar-refractivity contribution in [1.82, 2.24) is 18.5 Å². The summed E-state index contributed by atoms with van der Waals surface area (Å²) in [7, 11) is -0.357. The van der Waals surface area contributed by atoms with E-state index in [1.54, 1.807) is 42.9 Å². The van der Waals surface area contributed by atoms with E-state index < -0.39 is 10.2 Å². The van der Waals surface area contributed by atoms with Gasteiger partial charge >= 0.3 is 0 Å². The van der Waals surface area contributed by atoms with Gasteiger partial charge in [-0.15, -0.1) is 0 Å². The van der Waals surface area contributed by atoms with Crippen molar-refractivity contribution < 1.29 is 13.2 Å². The molecule has 0 radical (unpaired) electrons. The Morgan fingerprint density at radius 1 is 1.07 bits per heavy atom. The van der Waals surface area contributed by atoms with E-state index in [0.29, 0.717) is 25.2 Å². The molecule has 3 heterocycles. The molecular formula is C20H24N4O3S. The molecule has 2 fully saturated rings. The molecule has 0 spiro atoms. The van der Waals surface area contributed by atoms with Gasteiger partial charge in [0.15, 0.2) is 0 Å². The molecule has 148 valence electrons. The van der Waals surface area contributed by atoms with Crippen LogP contribution in [0.2, 0.25) is 0 Å². The Kier molecular flexibility index (Phi) is 4.95. The number of amides is 1. The van der Waals surface area contributed by atoms with E-state index in [0.717, 1.165) is 5.56 Å². The maximum atomic E-state index is 13.2. The Bertz CT molecular complexity index is 950. The zero-order valence-electron chi connectivity index (χ0n) is 16.0. The van der Waals surface area contributed by atoms with Crippen molar-refractivity contribution in [2.75, 3.05) is 33.7 Å². The number of carbonyl (C=O) groups excluding carboxylic acids is 1. The quantitative estimate of drug-likeness (QED) is 0.782. The molecule has 2 saturated heterocycles. The molecule has 0 aliphatic carbocycles. The summed E-state index contributed by atoms with van der Waals surface area (Å²) >= 11 is 0. The highest BCUT2D eigenvalue weighted by atomic mass is 32.2. The van der Waals surface area contributed by atoms with Crippen LogP contribution in [0.15, 0.2) is 54.9 Å². The summed E-state index contributed by atoms with van der Waals surface area (Å²) in [5.41, 5.74) is 1.59. The van der Waals surface area contributed by atoms with Gasteiger partial charge in [-0.05, 0) is 23.6 Å². The van der Waals surface area contributed by atoms with Crippen LogP contribution in [0.5, 0.6) is 0 Å². The number of hydrogen-bond donors (Lipinski definition) is 0. The molecule has 0 bridgehead atoms. The first-order valence-electron chi connectivity index (χ1n) is 9.33. The SMILES string of the molecule is CN(C)S(=O)(=O)N1C[C@H]2CN(C(=O)c3cccnc3)[C@H](c3ccccc3)[C@H]2C1. The van der Waals surface area contributed by atoms with Crippen molar-refractivity contribution in [3.63, 3.8) is 0 Å². The molecule has 4 rings (SSSR count). The molecular weight excluding hydrogens is 376 g/mol. The van der Waals surface area contributed by atoms with Gasteiger partial charge < -0.3 is 4.90 Å². The predicted octanol–water partition coefficient (Wildman–Crippen LogP) is 1.63. The lowest BCUT2D eigenvalue weighted by atomic mass is 9.89. The molecule has 2 aliphatic rings. The van der Waals surface area contributed by atoms with Crippen molar-refractivity contribution in [3.8, 4) is 0 Å². The molecule has 2 aliphatic heterocycles. The van der Waals surface area contributed by atoms with Crippen LogP contribution in [0.1, 0.15) is 22.0 Å². The van der Waals surface area contributed by atoms with Crippen LogP contribution in [-0.4, -0.2) is 66.5 Å². The molecule has 28 heavy (non-hydrogen) atoms. The number of hydrogen-bond acceptors (Lipinski definition) is 4. The lowest BCUT2D eigenvalue weighted by molar-refractivity contribution is 0.0708. The fourth-order valence-electron chi connectivity index (χ4n) is 4.36. The maximum Gasteiger partial charge on any atom is 0.281 e. The van der Waals surface area contributed by atoms with Crippen LogP contribution in [0.25, 0.3) is 0 Å². The van der Waals surface area contributed by atoms with Crippen molar-refractivity contribution in [3.05, 3.63) is 66.0 Å². The van der Waals surface area contributed by atoms with Crippen LogP contribution in [0, 0.1) is 11.8 Å². The van der Waals surface area contributed by atoms with Gasteiger partial charge in [-0.25, -0.2) is 0 Å². The average molecular weight is 401 g/mol. The molecule has 2 aromatic rings. The minimum atomic E-state index is -3.46. The van der Waals surface area contributed by atoms with E-state index in [1.807, 2.05) is 35.2 Å². The second-order valence-electron chi connectivity index (χ2n) is 7.59. The molecule has 0 N–H and O–H groups in total. The first-order chi connectivity index (χ1) is 13.4. The topological polar surface area (TPSA) is 73.8 Å². The lowest BCUT2D eigenvalue weighted by Crippen LogP contribution is -2.41. The zero-order chi connectivity index (χ0) is 19.9. The predicted molar refractivity (Wildman–Crippen MR) is 106 cm³/mol. The van der Waals surface area contributed by atoms with Gasteiger partial charge in [0, 0.05) is 52.0 Å². The summed E-state index contributed by atoms with van der Waals surface area (Å²) < 4.78 is 28.0. The van der Waals surface area contributed by atoms with Crippen molar-refractivity contribution in [2.24, 2.45) is 11.8 Å². The molecule has 1 aromatic carbocycles. The molecule has 3 atom stereocenters. The first kappa shape index (κ1) is 19.0. The molecule has 7 nitrogen and oxygen atoms in total. The van der Waals surface area contributed by atoms with Gasteiger partial charge in [-0.1, -0.05) is 30.3 Å². The Morgan fingerprint density at radius 3 is 2.46 bits per heavy atom. The van der Waals surface area contributed by atoms with Gasteiger partial charge in [-0.2, -0.15) is 17.0 Å². The normalized spacial score (nSPS) is 25.2. The Labute approximate surface area is 165 Å². The van der Waals surface area contributed by atoms with E-state index in [4.69, 9.17) is 0 Å². The number of rotatable bonds is 4. The molecule has 1 amide bonds. The van der Waals surface area contributed by atoms with E-state index >= 15 is 0 Å². The molecule has 0 unspecified atom stereocenters. The van der Waals surface area contributed by atoms with Crippen molar-refractivity contribution >= 4 is 16.1 Å². The van der Waals surface area contributed by atoms with E-state index in [2.05, 4.69) is 4.98 Å². The fourth-order valence-corrected chi connectivity index (χ4v) is 5.57. The average Bonchev–Trinajstić information content (AvgIpc) is 3.27. The highest BCUT2D eigenvalue weighted by molar-refractivity contribution is 7.86. The second-order valence-corrected chi connectivity index (χ2v) is 9.73. The van der Waals surface area contributed by atoms with Gasteiger partial charge in [0.1, 0.15) is 0 Å². The van der Waals surface area contributed by atoms with Gasteiger partial charge in [0.05, 0.1) is 11.6 Å². The Balaban J connectivity index is 1.67. The molecule has 0 saturated carbocycles. The fraction of sp³-hybridized carbons (Fsp3) is 0.400. The minimum Gasteiger partial charge on any atom is -0.331 e. The second kappa shape index (κ2) is 7.27. The van der Waals surface area contributed by atoms with E-state index in [1.165, 1.54) is 4.31 Å². The van der Waals surface area contributed by atoms with Crippen LogP contribution in [0.4, 0.5) is 0 Å².